The van der Waals surface area contributed by atoms with Crippen molar-refractivity contribution in [1.82, 2.24) is 0 Å². The van der Waals surface area contributed by atoms with Crippen molar-refractivity contribution in [3.63, 3.8) is 0 Å². The molecule has 2 rings (SSSR count). The number of rotatable bonds is 4. The topological polar surface area (TPSA) is 73.1 Å². The molecule has 0 radical (unpaired) electrons. The number of carboxylic acids is 1. The zero-order valence-electron chi connectivity index (χ0n) is 9.68. The number of halogens is 1. The maximum atomic E-state index is 13.3. The van der Waals surface area contributed by atoms with Crippen LogP contribution in [0.2, 0.25) is 0 Å². The van der Waals surface area contributed by atoms with Gasteiger partial charge in [-0.15, -0.1) is 11.3 Å². The van der Waals surface area contributed by atoms with E-state index in [1.807, 2.05) is 0 Å². The molecule has 4 nitrogen and oxygen atoms in total. The molecule has 0 unspecified atom stereocenters. The molecule has 0 aliphatic heterocycles. The SMILES string of the molecule is N#Cc1c(F)cccc1NCc1cc(C(=O)O)cs1. The number of carbonyl (C=O) groups is 1. The highest BCUT2D eigenvalue weighted by molar-refractivity contribution is 7.10. The van der Waals surface area contributed by atoms with E-state index < -0.39 is 11.8 Å². The molecule has 0 saturated carbocycles. The maximum absolute atomic E-state index is 13.3. The number of nitriles is 1. The van der Waals surface area contributed by atoms with E-state index >= 15 is 0 Å². The van der Waals surface area contributed by atoms with E-state index in [9.17, 15) is 9.18 Å². The molecule has 2 aromatic rings. The summed E-state index contributed by atoms with van der Waals surface area (Å²) < 4.78 is 13.3. The Morgan fingerprint density at radius 2 is 2.32 bits per heavy atom. The first-order chi connectivity index (χ1) is 9.11. The molecule has 0 bridgehead atoms. The number of nitrogens with one attached hydrogen (secondary N) is 1. The molecule has 0 aliphatic rings. The Morgan fingerprint density at radius 1 is 1.53 bits per heavy atom. The van der Waals surface area contributed by atoms with Crippen LogP contribution in [0, 0.1) is 17.1 Å². The second-order valence-electron chi connectivity index (χ2n) is 3.73. The molecule has 1 aromatic heterocycles. The lowest BCUT2D eigenvalue weighted by Crippen LogP contribution is -2.01. The molecule has 96 valence electrons. The molecule has 0 aliphatic carbocycles. The van der Waals surface area contributed by atoms with E-state index in [0.29, 0.717) is 12.2 Å². The average Bonchev–Trinajstić information content (AvgIpc) is 2.85. The van der Waals surface area contributed by atoms with Crippen molar-refractivity contribution in [2.24, 2.45) is 0 Å². The number of carboxylic acid groups (broad SMARTS) is 1. The number of hydrogen-bond acceptors (Lipinski definition) is 4. The first-order valence-corrected chi connectivity index (χ1v) is 6.23. The van der Waals surface area contributed by atoms with Gasteiger partial charge in [0.25, 0.3) is 0 Å². The lowest BCUT2D eigenvalue weighted by atomic mass is 10.2. The zero-order chi connectivity index (χ0) is 13.8. The Labute approximate surface area is 112 Å². The van der Waals surface area contributed by atoms with E-state index in [1.165, 1.54) is 28.8 Å². The Balaban J connectivity index is 2.12. The third-order valence-corrected chi connectivity index (χ3v) is 3.42. The van der Waals surface area contributed by atoms with Crippen molar-refractivity contribution >= 4 is 23.0 Å². The van der Waals surface area contributed by atoms with E-state index in [-0.39, 0.29) is 11.1 Å². The van der Waals surface area contributed by atoms with Gasteiger partial charge in [-0.2, -0.15) is 5.26 Å². The van der Waals surface area contributed by atoms with Gasteiger partial charge in [-0.25, -0.2) is 9.18 Å². The molecule has 6 heteroatoms. The molecular weight excluding hydrogens is 267 g/mol. The van der Waals surface area contributed by atoms with Gasteiger partial charge in [-0.1, -0.05) is 6.07 Å². The van der Waals surface area contributed by atoms with Crippen LogP contribution < -0.4 is 5.32 Å². The zero-order valence-corrected chi connectivity index (χ0v) is 10.5. The minimum atomic E-state index is -0.981. The predicted octanol–water partition coefficient (Wildman–Crippen LogP) is 3.07. The highest BCUT2D eigenvalue weighted by Crippen LogP contribution is 2.20. The largest absolute Gasteiger partial charge is 0.478 e. The van der Waals surface area contributed by atoms with Gasteiger partial charge in [-0.05, 0) is 18.2 Å². The minimum absolute atomic E-state index is 0.0440. The number of thiophene rings is 1. The highest BCUT2D eigenvalue weighted by Gasteiger charge is 2.09. The fraction of sp³-hybridized carbons (Fsp3) is 0.0769. The molecule has 0 fully saturated rings. The van der Waals surface area contributed by atoms with Crippen LogP contribution in [-0.2, 0) is 6.54 Å². The summed E-state index contributed by atoms with van der Waals surface area (Å²) in [7, 11) is 0. The first-order valence-electron chi connectivity index (χ1n) is 5.35. The lowest BCUT2D eigenvalue weighted by Gasteiger charge is -2.07. The van der Waals surface area contributed by atoms with Gasteiger partial charge in [0.1, 0.15) is 17.4 Å². The second kappa shape index (κ2) is 5.50. The minimum Gasteiger partial charge on any atom is -0.478 e. The Morgan fingerprint density at radius 3 is 2.95 bits per heavy atom. The summed E-state index contributed by atoms with van der Waals surface area (Å²) >= 11 is 1.29. The smallest absolute Gasteiger partial charge is 0.336 e. The number of benzene rings is 1. The van der Waals surface area contributed by atoms with Gasteiger partial charge < -0.3 is 10.4 Å². The van der Waals surface area contributed by atoms with Crippen LogP contribution in [0.15, 0.2) is 29.6 Å². The van der Waals surface area contributed by atoms with Crippen molar-refractivity contribution in [3.05, 3.63) is 51.5 Å². The number of nitrogens with zero attached hydrogens (tertiary/aromatic N) is 1. The van der Waals surface area contributed by atoms with Crippen LogP contribution in [0.5, 0.6) is 0 Å². The van der Waals surface area contributed by atoms with Crippen LogP contribution in [0.1, 0.15) is 20.8 Å². The maximum Gasteiger partial charge on any atom is 0.336 e. The fourth-order valence-corrected chi connectivity index (χ4v) is 2.35. The molecule has 1 heterocycles. The third-order valence-electron chi connectivity index (χ3n) is 2.48. The standard InChI is InChI=1S/C13H9FN2O2S/c14-11-2-1-3-12(10(11)5-15)16-6-9-4-8(7-19-9)13(17)18/h1-4,7,16H,6H2,(H,17,18). The monoisotopic (exact) mass is 276 g/mol. The second-order valence-corrected chi connectivity index (χ2v) is 4.73. The normalized spacial score (nSPS) is 9.89. The highest BCUT2D eigenvalue weighted by atomic mass is 32.1. The third kappa shape index (κ3) is 2.89. The summed E-state index contributed by atoms with van der Waals surface area (Å²) in [5, 5.41) is 22.1. The predicted molar refractivity (Wildman–Crippen MR) is 69.7 cm³/mol. The quantitative estimate of drug-likeness (QED) is 0.900. The average molecular weight is 276 g/mol. The summed E-state index contributed by atoms with van der Waals surface area (Å²) in [6.07, 6.45) is 0. The summed E-state index contributed by atoms with van der Waals surface area (Å²) in [6, 6.07) is 7.68. The summed E-state index contributed by atoms with van der Waals surface area (Å²) in [5.41, 5.74) is 0.576. The Hall–Kier alpha value is -2.39. The Bertz CT molecular complexity index is 661. The lowest BCUT2D eigenvalue weighted by molar-refractivity contribution is 0.0697. The summed E-state index contributed by atoms with van der Waals surface area (Å²) in [6.45, 7) is 0.343. The van der Waals surface area contributed by atoms with Crippen molar-refractivity contribution < 1.29 is 14.3 Å². The summed E-state index contributed by atoms with van der Waals surface area (Å²) in [4.78, 5) is 11.5. The molecule has 1 aromatic carbocycles. The van der Waals surface area contributed by atoms with Gasteiger partial charge in [0.2, 0.25) is 0 Å². The fourth-order valence-electron chi connectivity index (χ4n) is 1.55. The number of hydrogen-bond donors (Lipinski definition) is 2. The Kier molecular flexibility index (Phi) is 3.78. The van der Waals surface area contributed by atoms with Crippen LogP contribution >= 0.6 is 11.3 Å². The van der Waals surface area contributed by atoms with E-state index in [4.69, 9.17) is 10.4 Å². The first kappa shape index (κ1) is 13.1. The van der Waals surface area contributed by atoms with Gasteiger partial charge in [0.15, 0.2) is 0 Å². The van der Waals surface area contributed by atoms with E-state index in [2.05, 4.69) is 5.32 Å². The van der Waals surface area contributed by atoms with Crippen molar-refractivity contribution in [2.45, 2.75) is 6.54 Å². The summed E-state index contributed by atoms with van der Waals surface area (Å²) in [5.74, 6) is -1.56. The van der Waals surface area contributed by atoms with Crippen LogP contribution in [0.25, 0.3) is 0 Å². The molecular formula is C13H9FN2O2S. The van der Waals surface area contributed by atoms with Gasteiger partial charge in [-0.3, -0.25) is 0 Å². The molecule has 2 N–H and O–H groups in total. The molecule has 0 saturated heterocycles. The molecule has 0 amide bonds. The van der Waals surface area contributed by atoms with Crippen LogP contribution in [0.4, 0.5) is 10.1 Å². The van der Waals surface area contributed by atoms with E-state index in [0.717, 1.165) is 4.88 Å². The van der Waals surface area contributed by atoms with Crippen LogP contribution in [0.3, 0.4) is 0 Å². The van der Waals surface area contributed by atoms with Crippen molar-refractivity contribution in [3.8, 4) is 6.07 Å². The van der Waals surface area contributed by atoms with Crippen molar-refractivity contribution in [2.75, 3.05) is 5.32 Å². The molecule has 0 atom stereocenters. The van der Waals surface area contributed by atoms with Gasteiger partial charge in [0, 0.05) is 16.8 Å². The number of aromatic carboxylic acids is 1. The van der Waals surface area contributed by atoms with Crippen molar-refractivity contribution in [1.29, 1.82) is 5.26 Å². The van der Waals surface area contributed by atoms with E-state index in [1.54, 1.807) is 18.2 Å². The van der Waals surface area contributed by atoms with Gasteiger partial charge >= 0.3 is 5.97 Å². The van der Waals surface area contributed by atoms with Gasteiger partial charge in [0.05, 0.1) is 11.3 Å². The molecule has 19 heavy (non-hydrogen) atoms. The molecule has 0 spiro atoms. The number of anilines is 1. The van der Waals surface area contributed by atoms with Crippen LogP contribution in [-0.4, -0.2) is 11.1 Å².